The van der Waals surface area contributed by atoms with Gasteiger partial charge in [-0.2, -0.15) is 0 Å². The Labute approximate surface area is 72.8 Å². The van der Waals surface area contributed by atoms with E-state index < -0.39 is 0 Å². The number of carbonyl (C=O) groups is 1. The Kier molecular flexibility index (Phi) is 3.80. The first-order valence-electron chi connectivity index (χ1n) is 4.30. The molecule has 1 unspecified atom stereocenters. The minimum Gasteiger partial charge on any atom is -0.466 e. The van der Waals surface area contributed by atoms with Gasteiger partial charge in [-0.25, -0.2) is 4.79 Å². The fourth-order valence-corrected chi connectivity index (χ4v) is 1.33. The Balaban J connectivity index is 2.28. The van der Waals surface area contributed by atoms with Crippen LogP contribution in [0, 0.1) is 5.92 Å². The second-order valence-electron chi connectivity index (χ2n) is 2.99. The van der Waals surface area contributed by atoms with Crippen molar-refractivity contribution in [3.05, 3.63) is 12.2 Å². The molecule has 3 nitrogen and oxygen atoms in total. The molecule has 0 aromatic rings. The summed E-state index contributed by atoms with van der Waals surface area (Å²) in [5, 5.41) is 3.27. The van der Waals surface area contributed by atoms with E-state index in [1.165, 1.54) is 26.0 Å². The minimum atomic E-state index is -0.263. The SMILES string of the molecule is COC(=O)C=CC1CCCNC1. The van der Waals surface area contributed by atoms with Gasteiger partial charge in [0.15, 0.2) is 0 Å². The number of hydrogen-bond acceptors (Lipinski definition) is 3. The highest BCUT2D eigenvalue weighted by atomic mass is 16.5. The van der Waals surface area contributed by atoms with Crippen LogP contribution in [0.2, 0.25) is 0 Å². The van der Waals surface area contributed by atoms with Crippen molar-refractivity contribution >= 4 is 5.97 Å². The van der Waals surface area contributed by atoms with E-state index in [1.54, 1.807) is 0 Å². The first-order chi connectivity index (χ1) is 5.83. The van der Waals surface area contributed by atoms with Crippen molar-refractivity contribution < 1.29 is 9.53 Å². The average Bonchev–Trinajstić information content (AvgIpc) is 2.16. The highest BCUT2D eigenvalue weighted by molar-refractivity contribution is 5.81. The molecule has 0 aromatic carbocycles. The molecule has 1 aliphatic rings. The lowest BCUT2D eigenvalue weighted by Gasteiger charge is -2.18. The summed E-state index contributed by atoms with van der Waals surface area (Å²) in [6, 6.07) is 0. The Morgan fingerprint density at radius 3 is 3.08 bits per heavy atom. The molecule has 1 heterocycles. The van der Waals surface area contributed by atoms with Gasteiger partial charge in [0.1, 0.15) is 0 Å². The average molecular weight is 169 g/mol. The third-order valence-corrected chi connectivity index (χ3v) is 2.04. The van der Waals surface area contributed by atoms with Crippen LogP contribution < -0.4 is 5.32 Å². The maximum Gasteiger partial charge on any atom is 0.330 e. The maximum atomic E-state index is 10.7. The van der Waals surface area contributed by atoms with Gasteiger partial charge in [-0.05, 0) is 25.3 Å². The van der Waals surface area contributed by atoms with Crippen LogP contribution in [0.4, 0.5) is 0 Å². The molecule has 3 heteroatoms. The molecule has 0 aromatic heterocycles. The second-order valence-corrected chi connectivity index (χ2v) is 2.99. The standard InChI is InChI=1S/C9H15NO2/c1-12-9(11)5-4-8-3-2-6-10-7-8/h4-5,8,10H,2-3,6-7H2,1H3. The summed E-state index contributed by atoms with van der Waals surface area (Å²) in [5.74, 6) is 0.235. The van der Waals surface area contributed by atoms with Crippen LogP contribution in [-0.4, -0.2) is 26.2 Å². The van der Waals surface area contributed by atoms with Crippen LogP contribution in [0.25, 0.3) is 0 Å². The summed E-state index contributed by atoms with van der Waals surface area (Å²) >= 11 is 0. The number of rotatable bonds is 2. The molecule has 0 bridgehead atoms. The molecule has 1 fully saturated rings. The Morgan fingerprint density at radius 2 is 2.50 bits per heavy atom. The number of ether oxygens (including phenoxy) is 1. The zero-order valence-electron chi connectivity index (χ0n) is 7.38. The smallest absolute Gasteiger partial charge is 0.330 e. The maximum absolute atomic E-state index is 10.7. The van der Waals surface area contributed by atoms with Crippen molar-refractivity contribution in [1.82, 2.24) is 5.32 Å². The van der Waals surface area contributed by atoms with E-state index in [0.29, 0.717) is 5.92 Å². The molecular formula is C9H15NO2. The molecule has 1 rings (SSSR count). The molecule has 1 atom stereocenters. The molecule has 0 amide bonds. The van der Waals surface area contributed by atoms with E-state index >= 15 is 0 Å². The molecule has 1 aliphatic heterocycles. The van der Waals surface area contributed by atoms with E-state index in [0.717, 1.165) is 13.1 Å². The molecule has 0 radical (unpaired) electrons. The summed E-state index contributed by atoms with van der Waals surface area (Å²) in [6.07, 6.45) is 5.80. The van der Waals surface area contributed by atoms with Gasteiger partial charge in [0.05, 0.1) is 7.11 Å². The predicted octanol–water partition coefficient (Wildman–Crippen LogP) is 0.715. The van der Waals surface area contributed by atoms with E-state index in [1.807, 2.05) is 6.08 Å². The minimum absolute atomic E-state index is 0.263. The van der Waals surface area contributed by atoms with E-state index in [2.05, 4.69) is 10.1 Å². The fourth-order valence-electron chi connectivity index (χ4n) is 1.33. The molecule has 1 N–H and O–H groups in total. The molecule has 0 saturated carbocycles. The zero-order valence-corrected chi connectivity index (χ0v) is 7.38. The van der Waals surface area contributed by atoms with Gasteiger partial charge in [-0.15, -0.1) is 0 Å². The van der Waals surface area contributed by atoms with Crippen LogP contribution in [0.1, 0.15) is 12.8 Å². The monoisotopic (exact) mass is 169 g/mol. The Bertz CT molecular complexity index is 171. The molecular weight excluding hydrogens is 154 g/mol. The van der Waals surface area contributed by atoms with E-state index in [9.17, 15) is 4.79 Å². The van der Waals surface area contributed by atoms with Crippen molar-refractivity contribution in [2.45, 2.75) is 12.8 Å². The topological polar surface area (TPSA) is 38.3 Å². The number of hydrogen-bond donors (Lipinski definition) is 1. The van der Waals surface area contributed by atoms with Crippen molar-refractivity contribution in [3.63, 3.8) is 0 Å². The van der Waals surface area contributed by atoms with Crippen LogP contribution in [0.3, 0.4) is 0 Å². The van der Waals surface area contributed by atoms with Gasteiger partial charge >= 0.3 is 5.97 Å². The molecule has 12 heavy (non-hydrogen) atoms. The molecule has 1 saturated heterocycles. The van der Waals surface area contributed by atoms with Crippen LogP contribution in [0.5, 0.6) is 0 Å². The highest BCUT2D eigenvalue weighted by Crippen LogP contribution is 2.10. The van der Waals surface area contributed by atoms with E-state index in [-0.39, 0.29) is 5.97 Å². The molecule has 0 aliphatic carbocycles. The normalized spacial score (nSPS) is 24.2. The third-order valence-electron chi connectivity index (χ3n) is 2.04. The molecule has 68 valence electrons. The Hall–Kier alpha value is -0.830. The summed E-state index contributed by atoms with van der Waals surface area (Å²) in [7, 11) is 1.39. The largest absolute Gasteiger partial charge is 0.466 e. The molecule has 0 spiro atoms. The predicted molar refractivity (Wildman–Crippen MR) is 46.7 cm³/mol. The number of piperidine rings is 1. The quantitative estimate of drug-likeness (QED) is 0.489. The van der Waals surface area contributed by atoms with Gasteiger partial charge in [0, 0.05) is 12.6 Å². The number of esters is 1. The van der Waals surface area contributed by atoms with Crippen LogP contribution in [-0.2, 0) is 9.53 Å². The number of carbonyl (C=O) groups excluding carboxylic acids is 1. The van der Waals surface area contributed by atoms with Crippen LogP contribution in [0.15, 0.2) is 12.2 Å². The fraction of sp³-hybridized carbons (Fsp3) is 0.667. The van der Waals surface area contributed by atoms with Gasteiger partial charge in [-0.1, -0.05) is 6.08 Å². The third kappa shape index (κ3) is 3.05. The lowest BCUT2D eigenvalue weighted by molar-refractivity contribution is -0.134. The summed E-state index contributed by atoms with van der Waals surface area (Å²) in [4.78, 5) is 10.7. The lowest BCUT2D eigenvalue weighted by atomic mass is 9.99. The highest BCUT2D eigenvalue weighted by Gasteiger charge is 2.09. The number of nitrogens with one attached hydrogen (secondary N) is 1. The van der Waals surface area contributed by atoms with Crippen molar-refractivity contribution in [2.24, 2.45) is 5.92 Å². The number of methoxy groups -OCH3 is 1. The van der Waals surface area contributed by atoms with Gasteiger partial charge < -0.3 is 10.1 Å². The van der Waals surface area contributed by atoms with Crippen molar-refractivity contribution in [2.75, 3.05) is 20.2 Å². The lowest BCUT2D eigenvalue weighted by Crippen LogP contribution is -2.28. The second kappa shape index (κ2) is 4.93. The summed E-state index contributed by atoms with van der Waals surface area (Å²) < 4.78 is 4.50. The van der Waals surface area contributed by atoms with Crippen molar-refractivity contribution in [3.8, 4) is 0 Å². The van der Waals surface area contributed by atoms with Crippen molar-refractivity contribution in [1.29, 1.82) is 0 Å². The zero-order chi connectivity index (χ0) is 8.81. The Morgan fingerprint density at radius 1 is 1.67 bits per heavy atom. The van der Waals surface area contributed by atoms with E-state index in [4.69, 9.17) is 0 Å². The summed E-state index contributed by atoms with van der Waals surface area (Å²) in [6.45, 7) is 2.08. The summed E-state index contributed by atoms with van der Waals surface area (Å²) in [5.41, 5.74) is 0. The first kappa shape index (κ1) is 9.26. The van der Waals surface area contributed by atoms with Gasteiger partial charge in [-0.3, -0.25) is 0 Å². The first-order valence-corrected chi connectivity index (χ1v) is 4.30. The van der Waals surface area contributed by atoms with Gasteiger partial charge in [0.25, 0.3) is 0 Å². The van der Waals surface area contributed by atoms with Gasteiger partial charge in [0.2, 0.25) is 0 Å². The van der Waals surface area contributed by atoms with Crippen LogP contribution >= 0.6 is 0 Å².